The van der Waals surface area contributed by atoms with E-state index >= 15 is 0 Å². The summed E-state index contributed by atoms with van der Waals surface area (Å²) in [6.07, 6.45) is 14.3. The Kier molecular flexibility index (Phi) is 4.65. The molecule has 0 aliphatic heterocycles. The molecule has 0 saturated heterocycles. The minimum absolute atomic E-state index is 0. The molecule has 3 heteroatoms. The quantitative estimate of drug-likeness (QED) is 0.634. The number of hydrogen-bond donors (Lipinski definition) is 0. The van der Waals surface area contributed by atoms with E-state index in [0.29, 0.717) is 0 Å². The predicted molar refractivity (Wildman–Crippen MR) is 64.4 cm³/mol. The van der Waals surface area contributed by atoms with E-state index in [9.17, 15) is 0 Å². The van der Waals surface area contributed by atoms with Gasteiger partial charge >= 0.3 is 94.2 Å². The average Bonchev–Trinajstić information content (AvgIpc) is 2.70. The number of hydrogen-bond acceptors (Lipinski definition) is 0. The Morgan fingerprint density at radius 2 is 1.93 bits per heavy atom. The molecule has 0 aromatic carbocycles. The second-order valence-electron chi connectivity index (χ2n) is 3.98. The summed E-state index contributed by atoms with van der Waals surface area (Å²) in [6, 6.07) is 0. The molecule has 0 N–H and O–H groups in total. The Bertz CT molecular complexity index is 377. The van der Waals surface area contributed by atoms with Crippen LogP contribution in [-0.2, 0) is 24.7 Å². The van der Waals surface area contributed by atoms with Crippen molar-refractivity contribution >= 4 is 24.8 Å². The molecule has 0 spiro atoms. The van der Waals surface area contributed by atoms with Crippen LogP contribution in [0.1, 0.15) is 12.8 Å². The summed E-state index contributed by atoms with van der Waals surface area (Å²) in [5, 5.41) is 0. The van der Waals surface area contributed by atoms with Crippen LogP contribution in [0, 0.1) is 5.92 Å². The summed E-state index contributed by atoms with van der Waals surface area (Å²) in [4.78, 5) is 0. The predicted octanol–water partition coefficient (Wildman–Crippen LogP) is 3.94. The van der Waals surface area contributed by atoms with Gasteiger partial charge in [0.05, 0.1) is 0 Å². The first-order valence-electron chi connectivity index (χ1n) is 4.88. The molecule has 0 radical (unpaired) electrons. The zero-order chi connectivity index (χ0) is 8.84. The van der Waals surface area contributed by atoms with Crippen LogP contribution in [0.4, 0.5) is 0 Å². The van der Waals surface area contributed by atoms with Gasteiger partial charge in [0, 0.05) is 0 Å². The van der Waals surface area contributed by atoms with Crippen molar-refractivity contribution in [2.24, 2.45) is 5.92 Å². The molecule has 1 fully saturated rings. The van der Waals surface area contributed by atoms with Crippen LogP contribution in [0.3, 0.4) is 0 Å². The third kappa shape index (κ3) is 2.25. The van der Waals surface area contributed by atoms with E-state index in [0.717, 1.165) is 9.54 Å². The van der Waals surface area contributed by atoms with Gasteiger partial charge in [-0.05, 0) is 0 Å². The van der Waals surface area contributed by atoms with E-state index < -0.39 is 0 Å². The molecule has 0 amide bonds. The van der Waals surface area contributed by atoms with Crippen molar-refractivity contribution in [1.82, 2.24) is 0 Å². The average molecular weight is 319 g/mol. The Hall–Kier alpha value is 0.423. The summed E-state index contributed by atoms with van der Waals surface area (Å²) in [5.74, 6) is 0.777. The van der Waals surface area contributed by atoms with Gasteiger partial charge in [-0.2, -0.15) is 0 Å². The summed E-state index contributed by atoms with van der Waals surface area (Å²) >= 11 is 1.69. The molecule has 3 aliphatic rings. The van der Waals surface area contributed by atoms with Gasteiger partial charge in [0.1, 0.15) is 0 Å². The fourth-order valence-electron chi connectivity index (χ4n) is 2.45. The molecule has 3 aliphatic carbocycles. The van der Waals surface area contributed by atoms with Gasteiger partial charge in [0.2, 0.25) is 0 Å². The van der Waals surface area contributed by atoms with Crippen LogP contribution < -0.4 is 0 Å². The summed E-state index contributed by atoms with van der Waals surface area (Å²) < 4.78 is 0.900. The van der Waals surface area contributed by atoms with Crippen LogP contribution >= 0.6 is 24.8 Å². The molecular weight excluding hydrogens is 306 g/mol. The molecule has 3 rings (SSSR count). The molecule has 0 bridgehead atoms. The van der Waals surface area contributed by atoms with E-state index in [-0.39, 0.29) is 24.8 Å². The van der Waals surface area contributed by atoms with Crippen molar-refractivity contribution in [3.8, 4) is 0 Å². The normalized spacial score (nSPS) is 30.2. The van der Waals surface area contributed by atoms with Gasteiger partial charge in [-0.1, -0.05) is 0 Å². The monoisotopic (exact) mass is 317 g/mol. The van der Waals surface area contributed by atoms with Crippen LogP contribution in [0.25, 0.3) is 0 Å². The van der Waals surface area contributed by atoms with Crippen LogP contribution in [0.5, 0.6) is 0 Å². The zero-order valence-electron chi connectivity index (χ0n) is 8.27. The number of allylic oxidation sites excluding steroid dienone is 8. The van der Waals surface area contributed by atoms with Crippen LogP contribution in [-0.4, -0.2) is 0 Å². The number of fused-ring (bicyclic) bond motifs is 2. The molecule has 0 aromatic rings. The second kappa shape index (κ2) is 5.17. The van der Waals surface area contributed by atoms with Crippen molar-refractivity contribution < 1.29 is 24.7 Å². The first kappa shape index (κ1) is 13.5. The molecule has 0 aromatic heterocycles. The third-order valence-corrected chi connectivity index (χ3v) is 4.71. The fraction of sp³-hybridized carbons (Fsp3) is 0.333. The number of halogens is 2. The molecule has 2 atom stereocenters. The van der Waals surface area contributed by atoms with Crippen molar-refractivity contribution in [3.63, 3.8) is 0 Å². The minimum atomic E-state index is 0. The summed E-state index contributed by atoms with van der Waals surface area (Å²) in [6.45, 7) is 0. The molecule has 79 valence electrons. The zero-order valence-corrected chi connectivity index (χ0v) is 12.4. The van der Waals surface area contributed by atoms with E-state index in [4.69, 9.17) is 0 Å². The van der Waals surface area contributed by atoms with E-state index in [1.807, 2.05) is 0 Å². The van der Waals surface area contributed by atoms with Gasteiger partial charge < -0.3 is 0 Å². The van der Waals surface area contributed by atoms with Gasteiger partial charge in [0.15, 0.2) is 0 Å². The Balaban J connectivity index is 0.000000562. The number of rotatable bonds is 0. The topological polar surface area (TPSA) is 0 Å². The van der Waals surface area contributed by atoms with E-state index in [1.54, 1.807) is 30.3 Å². The van der Waals surface area contributed by atoms with Gasteiger partial charge in [-0.3, -0.25) is 0 Å². The summed E-state index contributed by atoms with van der Waals surface area (Å²) in [5.41, 5.74) is 4.61. The van der Waals surface area contributed by atoms with Gasteiger partial charge in [-0.25, -0.2) is 0 Å². The van der Waals surface area contributed by atoms with Crippen LogP contribution in [0.15, 0.2) is 47.1 Å². The second-order valence-corrected chi connectivity index (χ2v) is 5.70. The van der Waals surface area contributed by atoms with E-state index in [1.165, 1.54) is 24.0 Å². The first-order chi connectivity index (χ1) is 6.34. The Morgan fingerprint density at radius 1 is 1.13 bits per heavy atom. The van der Waals surface area contributed by atoms with Crippen molar-refractivity contribution in [3.05, 3.63) is 47.1 Å². The van der Waals surface area contributed by atoms with E-state index in [2.05, 4.69) is 30.4 Å². The van der Waals surface area contributed by atoms with Gasteiger partial charge in [0.25, 0.3) is 0 Å². The maximum atomic E-state index is 2.47. The molecule has 0 heterocycles. The van der Waals surface area contributed by atoms with Crippen molar-refractivity contribution in [1.29, 1.82) is 0 Å². The van der Waals surface area contributed by atoms with Gasteiger partial charge in [-0.15, -0.1) is 24.8 Å². The van der Waals surface area contributed by atoms with Crippen LogP contribution in [0.2, 0.25) is 3.63 Å². The first-order valence-corrected chi connectivity index (χ1v) is 6.30. The molecule has 0 nitrogen and oxygen atoms in total. The maximum absolute atomic E-state index is 2.47. The molecule has 2 unspecified atom stereocenters. The Labute approximate surface area is 118 Å². The SMILES string of the molecule is Cl.Cl.[Zr][CH]1CCC2C=C3C=CC=C3C=C12. The molecule has 15 heavy (non-hydrogen) atoms. The third-order valence-electron chi connectivity index (χ3n) is 3.18. The van der Waals surface area contributed by atoms with Crippen molar-refractivity contribution in [2.45, 2.75) is 16.5 Å². The summed E-state index contributed by atoms with van der Waals surface area (Å²) in [7, 11) is 0. The fourth-order valence-corrected chi connectivity index (χ4v) is 3.59. The standard InChI is InChI=1S/C12H11.2ClH.Zr/c1-3-9-7-11-5-2-6-12(11)8-10(9)4-1;;;/h1,3-5,7-8,12H,2,6H2;2*1H;. The Morgan fingerprint density at radius 3 is 2.73 bits per heavy atom. The van der Waals surface area contributed by atoms with Crippen molar-refractivity contribution in [2.75, 3.05) is 0 Å². The molecule has 1 saturated carbocycles. The molecular formula is C12H13Cl2Zr.